The number of hydrogen-bond acceptors (Lipinski definition) is 5. The number of carbonyl (C=O) groups excluding carboxylic acids is 3. The number of fused-ring (bicyclic) bond motifs is 1. The lowest BCUT2D eigenvalue weighted by Crippen LogP contribution is -2.42. The normalized spacial score (nSPS) is 20.3. The summed E-state index contributed by atoms with van der Waals surface area (Å²) in [5, 5.41) is 3.05. The Morgan fingerprint density at radius 1 is 1.22 bits per heavy atom. The van der Waals surface area contributed by atoms with Gasteiger partial charge in [-0.2, -0.15) is 0 Å². The van der Waals surface area contributed by atoms with Crippen LogP contribution in [0.1, 0.15) is 50.0 Å². The van der Waals surface area contributed by atoms with Crippen LogP contribution in [-0.2, 0) is 20.8 Å². The number of nitrogens with zero attached hydrogens (tertiary/aromatic N) is 4. The lowest BCUT2D eigenvalue weighted by molar-refractivity contribution is -0.145. The minimum absolute atomic E-state index is 0.173. The number of imide groups is 1. The highest BCUT2D eigenvalue weighted by Crippen LogP contribution is 2.31. The second-order valence-electron chi connectivity index (χ2n) is 6.96. The predicted molar refractivity (Wildman–Crippen MR) is 94.8 cm³/mol. The Labute approximate surface area is 154 Å². The Balaban J connectivity index is 1.59. The smallest absolute Gasteiger partial charge is 0.272 e. The zero-order valence-corrected chi connectivity index (χ0v) is 15.1. The van der Waals surface area contributed by atoms with Gasteiger partial charge in [0.25, 0.3) is 5.56 Å². The molecule has 1 N–H and O–H groups in total. The van der Waals surface area contributed by atoms with Crippen molar-refractivity contribution >= 4 is 23.4 Å². The largest absolute Gasteiger partial charge is 0.333 e. The van der Waals surface area contributed by atoms with E-state index in [2.05, 4.69) is 10.1 Å². The third kappa shape index (κ3) is 3.02. The van der Waals surface area contributed by atoms with Crippen molar-refractivity contribution < 1.29 is 14.4 Å². The van der Waals surface area contributed by atoms with Crippen LogP contribution in [0.2, 0.25) is 0 Å². The summed E-state index contributed by atoms with van der Waals surface area (Å²) in [7, 11) is 0. The lowest BCUT2D eigenvalue weighted by atomic mass is 10.1. The minimum atomic E-state index is -0.294. The Morgan fingerprint density at radius 3 is 2.67 bits per heavy atom. The van der Waals surface area contributed by atoms with Gasteiger partial charge >= 0.3 is 0 Å². The van der Waals surface area contributed by atoms with Crippen LogP contribution in [0.5, 0.6) is 0 Å². The quantitative estimate of drug-likeness (QED) is 0.783. The molecule has 0 aromatic carbocycles. The van der Waals surface area contributed by atoms with Gasteiger partial charge in [0, 0.05) is 37.2 Å². The van der Waals surface area contributed by atoms with Crippen LogP contribution in [-0.4, -0.2) is 55.2 Å². The Bertz CT molecular complexity index is 975. The summed E-state index contributed by atoms with van der Waals surface area (Å²) in [4.78, 5) is 55.7. The summed E-state index contributed by atoms with van der Waals surface area (Å²) >= 11 is 0. The van der Waals surface area contributed by atoms with Crippen molar-refractivity contribution in [2.75, 3.05) is 13.1 Å². The molecule has 0 spiro atoms. The maximum absolute atomic E-state index is 12.7. The van der Waals surface area contributed by atoms with Crippen LogP contribution in [0.15, 0.2) is 16.9 Å². The number of likely N-dealkylation sites (tertiary alicyclic amines) is 2. The van der Waals surface area contributed by atoms with E-state index in [0.29, 0.717) is 18.6 Å². The molecule has 4 rings (SSSR count). The molecule has 4 heterocycles. The molecule has 0 saturated carbocycles. The monoisotopic (exact) mass is 371 g/mol. The van der Waals surface area contributed by atoms with Gasteiger partial charge in [0.15, 0.2) is 5.65 Å². The average Bonchev–Trinajstić information content (AvgIpc) is 3.35. The number of aryl methyl sites for hydroxylation is 1. The highest BCUT2D eigenvalue weighted by atomic mass is 16.2. The van der Waals surface area contributed by atoms with E-state index in [1.54, 1.807) is 11.0 Å². The van der Waals surface area contributed by atoms with Gasteiger partial charge in [-0.05, 0) is 19.3 Å². The average molecular weight is 371 g/mol. The number of rotatable bonds is 4. The van der Waals surface area contributed by atoms with Crippen molar-refractivity contribution in [2.45, 2.75) is 45.1 Å². The van der Waals surface area contributed by atoms with Crippen LogP contribution in [0, 0.1) is 0 Å². The maximum atomic E-state index is 12.7. The van der Waals surface area contributed by atoms with E-state index in [1.165, 1.54) is 10.6 Å². The number of hydrogen-bond donors (Lipinski definition) is 1. The van der Waals surface area contributed by atoms with Gasteiger partial charge in [0.1, 0.15) is 6.54 Å². The molecule has 2 aromatic rings. The van der Waals surface area contributed by atoms with Crippen molar-refractivity contribution in [1.82, 2.24) is 24.4 Å². The fraction of sp³-hybridized carbons (Fsp3) is 0.500. The second-order valence-corrected chi connectivity index (χ2v) is 6.96. The number of amides is 3. The first-order chi connectivity index (χ1) is 13.0. The van der Waals surface area contributed by atoms with Gasteiger partial charge < -0.3 is 4.90 Å². The van der Waals surface area contributed by atoms with Gasteiger partial charge in [-0.3, -0.25) is 29.2 Å². The molecule has 1 unspecified atom stereocenters. The highest BCUT2D eigenvalue weighted by molar-refractivity contribution is 6.04. The minimum Gasteiger partial charge on any atom is -0.333 e. The summed E-state index contributed by atoms with van der Waals surface area (Å²) in [6.07, 6.45) is 2.57. The molecule has 0 radical (unpaired) electrons. The van der Waals surface area contributed by atoms with Crippen LogP contribution in [0.3, 0.4) is 0 Å². The molecule has 142 valence electrons. The first-order valence-corrected chi connectivity index (χ1v) is 9.22. The molecular formula is C18H21N5O4. The van der Waals surface area contributed by atoms with Crippen molar-refractivity contribution in [3.05, 3.63) is 33.9 Å². The number of aromatic amines is 1. The van der Waals surface area contributed by atoms with E-state index in [9.17, 15) is 19.2 Å². The van der Waals surface area contributed by atoms with Gasteiger partial charge in [0.2, 0.25) is 17.7 Å². The molecule has 2 saturated heterocycles. The number of aromatic nitrogens is 3. The predicted octanol–water partition coefficient (Wildman–Crippen LogP) is 0.398. The van der Waals surface area contributed by atoms with Crippen molar-refractivity contribution in [2.24, 2.45) is 0 Å². The summed E-state index contributed by atoms with van der Waals surface area (Å²) < 4.78 is 1.38. The van der Waals surface area contributed by atoms with E-state index in [4.69, 9.17) is 0 Å². The summed E-state index contributed by atoms with van der Waals surface area (Å²) in [5.74, 6) is -0.843. The van der Waals surface area contributed by atoms with Crippen molar-refractivity contribution in [3.63, 3.8) is 0 Å². The summed E-state index contributed by atoms with van der Waals surface area (Å²) in [5.41, 5.74) is 1.79. The summed E-state index contributed by atoms with van der Waals surface area (Å²) in [6.45, 7) is 2.27. The van der Waals surface area contributed by atoms with Gasteiger partial charge in [0.05, 0.1) is 11.7 Å². The molecule has 2 aromatic heterocycles. The maximum Gasteiger partial charge on any atom is 0.272 e. The molecule has 1 atom stereocenters. The molecule has 9 heteroatoms. The zero-order valence-electron chi connectivity index (χ0n) is 15.1. The van der Waals surface area contributed by atoms with Gasteiger partial charge in [-0.25, -0.2) is 9.50 Å². The number of carbonyl (C=O) groups is 3. The highest BCUT2D eigenvalue weighted by Gasteiger charge is 2.36. The SMILES string of the molecule is CCc1cc(=O)n2[nH]c(C3CCCN3C(=O)CN3C(=O)CCC3=O)cc2n1. The van der Waals surface area contributed by atoms with E-state index in [1.807, 2.05) is 6.92 Å². The molecule has 2 fully saturated rings. The second kappa shape index (κ2) is 6.64. The Morgan fingerprint density at radius 2 is 1.96 bits per heavy atom. The van der Waals surface area contributed by atoms with Crippen LogP contribution < -0.4 is 5.56 Å². The van der Waals surface area contributed by atoms with E-state index < -0.39 is 0 Å². The molecule has 0 bridgehead atoms. The lowest BCUT2D eigenvalue weighted by Gasteiger charge is -2.25. The Kier molecular flexibility index (Phi) is 4.29. The van der Waals surface area contributed by atoms with E-state index in [-0.39, 0.29) is 48.7 Å². The molecule has 0 aliphatic carbocycles. The van der Waals surface area contributed by atoms with Crippen LogP contribution in [0.4, 0.5) is 0 Å². The Hall–Kier alpha value is -2.97. The standard InChI is InChI=1S/C18H21N5O4/c1-2-11-8-17(26)23-14(19-11)9-12(20-23)13-4-3-7-21(13)18(27)10-22-15(24)5-6-16(22)25/h8-9,13,20H,2-7,10H2,1H3. The molecule has 2 aliphatic heterocycles. The number of H-pyrrole nitrogens is 1. The molecular weight excluding hydrogens is 350 g/mol. The molecule has 3 amide bonds. The van der Waals surface area contributed by atoms with E-state index in [0.717, 1.165) is 29.1 Å². The van der Waals surface area contributed by atoms with Crippen LogP contribution in [0.25, 0.3) is 5.65 Å². The van der Waals surface area contributed by atoms with Gasteiger partial charge in [-0.1, -0.05) is 6.92 Å². The van der Waals surface area contributed by atoms with E-state index >= 15 is 0 Å². The molecule has 9 nitrogen and oxygen atoms in total. The number of nitrogens with one attached hydrogen (secondary N) is 1. The van der Waals surface area contributed by atoms with Crippen LogP contribution >= 0.6 is 0 Å². The third-order valence-electron chi connectivity index (χ3n) is 5.27. The zero-order chi connectivity index (χ0) is 19.1. The van der Waals surface area contributed by atoms with Gasteiger partial charge in [-0.15, -0.1) is 0 Å². The third-order valence-corrected chi connectivity index (χ3v) is 5.27. The molecule has 27 heavy (non-hydrogen) atoms. The topological polar surface area (TPSA) is 108 Å². The summed E-state index contributed by atoms with van der Waals surface area (Å²) in [6, 6.07) is 3.06. The molecule has 2 aliphatic rings. The fourth-order valence-corrected chi connectivity index (χ4v) is 3.82. The van der Waals surface area contributed by atoms with Crippen molar-refractivity contribution in [1.29, 1.82) is 0 Å². The first-order valence-electron chi connectivity index (χ1n) is 9.22. The fourth-order valence-electron chi connectivity index (χ4n) is 3.82. The van der Waals surface area contributed by atoms with Crippen molar-refractivity contribution in [3.8, 4) is 0 Å². The first kappa shape index (κ1) is 17.4.